The smallest absolute Gasteiger partial charge is 0.133 e. The number of hydrogen-bond donors (Lipinski definition) is 3. The molecule has 1 aliphatic heterocycles. The minimum Gasteiger partial charge on any atom is -0.385 e. The van der Waals surface area contributed by atoms with E-state index in [0.717, 1.165) is 68.3 Å². The molecule has 0 amide bonds. The molecule has 0 radical (unpaired) electrons. The first-order chi connectivity index (χ1) is 19.2. The molecule has 0 fully saturated rings. The summed E-state index contributed by atoms with van der Waals surface area (Å²) in [5, 5.41) is 3.52. The Hall–Kier alpha value is -3.77. The third kappa shape index (κ3) is 9.48. The van der Waals surface area contributed by atoms with Crippen molar-refractivity contribution in [3.05, 3.63) is 108 Å². The van der Waals surface area contributed by atoms with Crippen LogP contribution in [0.5, 0.6) is 0 Å². The first kappa shape index (κ1) is 29.8. The Morgan fingerprint density at radius 2 is 1.90 bits per heavy atom. The Morgan fingerprint density at radius 3 is 2.56 bits per heavy atom. The van der Waals surface area contributed by atoms with Gasteiger partial charge in [0.05, 0.1) is 0 Å². The van der Waals surface area contributed by atoms with Crippen LogP contribution in [0.25, 0.3) is 5.57 Å². The van der Waals surface area contributed by atoms with Crippen molar-refractivity contribution in [2.24, 2.45) is 11.5 Å². The predicted octanol–water partition coefficient (Wildman–Crippen LogP) is 6.60. The number of benzene rings is 1. The number of aromatic nitrogens is 1. The number of anilines is 2. The molecule has 0 bridgehead atoms. The van der Waals surface area contributed by atoms with Crippen LogP contribution in [0.4, 0.5) is 11.5 Å². The first-order valence-electron chi connectivity index (χ1n) is 14.3. The molecule has 0 saturated carbocycles. The van der Waals surface area contributed by atoms with Crippen LogP contribution in [-0.4, -0.2) is 36.1 Å². The summed E-state index contributed by atoms with van der Waals surface area (Å²) < 4.78 is 0. The van der Waals surface area contributed by atoms with Crippen LogP contribution in [0.15, 0.2) is 103 Å². The molecule has 2 aromatic rings. The minimum absolute atomic E-state index is 0.655. The zero-order valence-corrected chi connectivity index (χ0v) is 23.7. The zero-order chi connectivity index (χ0) is 27.7. The van der Waals surface area contributed by atoms with Crippen LogP contribution in [0, 0.1) is 0 Å². The maximum absolute atomic E-state index is 6.53. The van der Waals surface area contributed by atoms with Gasteiger partial charge in [-0.05, 0) is 93.1 Å². The average molecular weight is 527 g/mol. The van der Waals surface area contributed by atoms with Crippen LogP contribution in [0.1, 0.15) is 57.9 Å². The molecule has 208 valence electrons. The molecule has 3 rings (SSSR count). The van der Waals surface area contributed by atoms with Crippen molar-refractivity contribution >= 4 is 17.1 Å². The minimum atomic E-state index is 0.655. The van der Waals surface area contributed by atoms with Gasteiger partial charge < -0.3 is 26.6 Å². The summed E-state index contributed by atoms with van der Waals surface area (Å²) in [6.45, 7) is 7.38. The van der Waals surface area contributed by atoms with Gasteiger partial charge in [-0.2, -0.15) is 0 Å². The van der Waals surface area contributed by atoms with Crippen molar-refractivity contribution in [2.45, 2.75) is 52.4 Å². The van der Waals surface area contributed by atoms with Crippen molar-refractivity contribution in [2.75, 3.05) is 31.1 Å². The molecule has 1 aliphatic rings. The number of unbranched alkanes of at least 4 members (excludes halogenated alkanes) is 2. The quantitative estimate of drug-likeness (QED) is 0.138. The van der Waals surface area contributed by atoms with Crippen molar-refractivity contribution in [3.63, 3.8) is 0 Å². The fourth-order valence-electron chi connectivity index (χ4n) is 4.46. The number of nitrogens with zero attached hydrogens (tertiary/aromatic N) is 3. The summed E-state index contributed by atoms with van der Waals surface area (Å²) in [4.78, 5) is 8.97. The summed E-state index contributed by atoms with van der Waals surface area (Å²) in [7, 11) is 0. The maximum Gasteiger partial charge on any atom is 0.133 e. The Bertz CT molecular complexity index is 1130. The van der Waals surface area contributed by atoms with Gasteiger partial charge in [0, 0.05) is 31.5 Å². The second kappa shape index (κ2) is 16.9. The van der Waals surface area contributed by atoms with Gasteiger partial charge in [-0.3, -0.25) is 0 Å². The maximum atomic E-state index is 6.53. The molecule has 6 nitrogen and oxygen atoms in total. The van der Waals surface area contributed by atoms with Crippen LogP contribution in [0.3, 0.4) is 0 Å². The molecule has 0 aliphatic carbocycles. The Balaban J connectivity index is 1.74. The van der Waals surface area contributed by atoms with Gasteiger partial charge in [-0.25, -0.2) is 4.98 Å². The van der Waals surface area contributed by atoms with Gasteiger partial charge >= 0.3 is 0 Å². The lowest BCUT2D eigenvalue weighted by Crippen LogP contribution is -2.36. The molecule has 0 atom stereocenters. The van der Waals surface area contributed by atoms with Gasteiger partial charge in [0.15, 0.2) is 0 Å². The summed E-state index contributed by atoms with van der Waals surface area (Å²) in [5.74, 6) is 2.84. The van der Waals surface area contributed by atoms with Crippen molar-refractivity contribution in [1.82, 2.24) is 15.2 Å². The Morgan fingerprint density at radius 1 is 1.05 bits per heavy atom. The monoisotopic (exact) mass is 526 g/mol. The number of nitrogens with one attached hydrogen (secondary N) is 1. The van der Waals surface area contributed by atoms with E-state index in [2.05, 4.69) is 101 Å². The van der Waals surface area contributed by atoms with E-state index in [9.17, 15) is 0 Å². The first-order valence-corrected chi connectivity index (χ1v) is 14.3. The van der Waals surface area contributed by atoms with E-state index in [-0.39, 0.29) is 0 Å². The Kier molecular flexibility index (Phi) is 12.9. The SMILES string of the molecule is C/C=C(\C=C/CN(C1=CCCCN1)/C(N)=C/CCCC)c1ccc(N(C/C=C\CCN)c2ccccn2)cc1. The highest BCUT2D eigenvalue weighted by Crippen LogP contribution is 2.26. The highest BCUT2D eigenvalue weighted by molar-refractivity contribution is 5.75. The fraction of sp³-hybridized carbons (Fsp3) is 0.364. The van der Waals surface area contributed by atoms with E-state index in [4.69, 9.17) is 11.5 Å². The molecule has 0 unspecified atom stereocenters. The molecule has 39 heavy (non-hydrogen) atoms. The van der Waals surface area contributed by atoms with E-state index >= 15 is 0 Å². The van der Waals surface area contributed by atoms with Gasteiger partial charge in [0.1, 0.15) is 17.5 Å². The lowest BCUT2D eigenvalue weighted by Gasteiger charge is -2.29. The third-order valence-corrected chi connectivity index (χ3v) is 6.66. The van der Waals surface area contributed by atoms with Crippen LogP contribution in [-0.2, 0) is 0 Å². The fourth-order valence-corrected chi connectivity index (χ4v) is 4.46. The summed E-state index contributed by atoms with van der Waals surface area (Å²) in [6, 6.07) is 14.7. The number of allylic oxidation sites excluding steroid dienone is 5. The molecule has 6 heteroatoms. The van der Waals surface area contributed by atoms with E-state index in [1.54, 1.807) is 0 Å². The average Bonchev–Trinajstić information content (AvgIpc) is 2.98. The second-order valence-electron chi connectivity index (χ2n) is 9.58. The molecule has 1 aromatic carbocycles. The van der Waals surface area contributed by atoms with Gasteiger partial charge in [0.25, 0.3) is 0 Å². The largest absolute Gasteiger partial charge is 0.385 e. The molecular weight excluding hydrogens is 480 g/mol. The molecule has 0 saturated heterocycles. The molecule has 1 aromatic heterocycles. The second-order valence-corrected chi connectivity index (χ2v) is 9.58. The number of rotatable bonds is 15. The van der Waals surface area contributed by atoms with E-state index in [0.29, 0.717) is 13.1 Å². The van der Waals surface area contributed by atoms with Crippen LogP contribution < -0.4 is 21.7 Å². The number of nitrogens with two attached hydrogens (primary N) is 2. The molecule has 0 spiro atoms. The van der Waals surface area contributed by atoms with E-state index in [1.807, 2.05) is 24.4 Å². The predicted molar refractivity (Wildman–Crippen MR) is 167 cm³/mol. The summed E-state index contributed by atoms with van der Waals surface area (Å²) in [6.07, 6.45) is 23.5. The van der Waals surface area contributed by atoms with Crippen molar-refractivity contribution in [1.29, 1.82) is 0 Å². The topological polar surface area (TPSA) is 83.4 Å². The highest BCUT2D eigenvalue weighted by Gasteiger charge is 2.13. The van der Waals surface area contributed by atoms with Crippen LogP contribution >= 0.6 is 0 Å². The van der Waals surface area contributed by atoms with Crippen LogP contribution in [0.2, 0.25) is 0 Å². The zero-order valence-electron chi connectivity index (χ0n) is 23.7. The number of pyridine rings is 1. The Labute approximate surface area is 235 Å². The molecule has 5 N–H and O–H groups in total. The van der Waals surface area contributed by atoms with E-state index < -0.39 is 0 Å². The molecular formula is C33H46N6. The summed E-state index contributed by atoms with van der Waals surface area (Å²) in [5.41, 5.74) is 15.6. The molecule has 2 heterocycles. The lowest BCUT2D eigenvalue weighted by molar-refractivity contribution is 0.408. The van der Waals surface area contributed by atoms with Gasteiger partial charge in [0.2, 0.25) is 0 Å². The third-order valence-electron chi connectivity index (χ3n) is 6.66. The normalized spacial score (nSPS) is 14.5. The van der Waals surface area contributed by atoms with Gasteiger partial charge in [-0.1, -0.05) is 61.9 Å². The van der Waals surface area contributed by atoms with Crippen molar-refractivity contribution in [3.8, 4) is 0 Å². The van der Waals surface area contributed by atoms with E-state index in [1.165, 1.54) is 17.6 Å². The number of hydrogen-bond acceptors (Lipinski definition) is 6. The van der Waals surface area contributed by atoms with Crippen molar-refractivity contribution < 1.29 is 0 Å². The highest BCUT2D eigenvalue weighted by atomic mass is 15.3. The lowest BCUT2D eigenvalue weighted by atomic mass is 10.0. The summed E-state index contributed by atoms with van der Waals surface area (Å²) >= 11 is 0. The standard InChI is InChI=1S/C33H46N6/c1-3-5-7-16-31(35)39(33-18-9-12-25-37-33)27-14-15-28(4-2)29-19-21-30(22-20-29)38(26-13-6-10-23-34)32-17-8-11-24-36-32/h4,6,8,11,13-22,24,37H,3,5,7,9-10,12,23,25-27,34-35H2,1-2H3/b13-6-,15-14-,28-4+,31-16+. The van der Waals surface area contributed by atoms with Gasteiger partial charge in [-0.15, -0.1) is 0 Å².